The quantitative estimate of drug-likeness (QED) is 0.595. The number of methoxy groups -OCH3 is 1. The van der Waals surface area contributed by atoms with Gasteiger partial charge in [0.2, 0.25) is 5.91 Å². The number of nitrogens with one attached hydrogen (secondary N) is 1. The number of amides is 1. The van der Waals surface area contributed by atoms with Crippen LogP contribution in [0.4, 0.5) is 5.69 Å². The molecule has 3 rings (SSSR count). The molecular weight excluding hydrogens is 402 g/mol. The highest BCUT2D eigenvalue weighted by atomic mass is 35.5. The number of aromatic nitrogens is 2. The van der Waals surface area contributed by atoms with Crippen molar-refractivity contribution in [1.82, 2.24) is 9.13 Å². The van der Waals surface area contributed by atoms with Gasteiger partial charge >= 0.3 is 5.69 Å². The van der Waals surface area contributed by atoms with E-state index in [4.69, 9.17) is 16.3 Å². The number of ether oxygens (including phenoxy) is 1. The first-order chi connectivity index (χ1) is 13.4. The molecule has 3 aromatic rings. The van der Waals surface area contributed by atoms with Crippen LogP contribution in [0.1, 0.15) is 12.0 Å². The van der Waals surface area contributed by atoms with Crippen LogP contribution in [0.25, 0.3) is 10.2 Å². The zero-order valence-electron chi connectivity index (χ0n) is 15.5. The van der Waals surface area contributed by atoms with Crippen LogP contribution in [0.3, 0.4) is 0 Å². The van der Waals surface area contributed by atoms with Crippen molar-refractivity contribution in [3.05, 3.63) is 61.1 Å². The van der Waals surface area contributed by atoms with Crippen molar-refractivity contribution in [2.45, 2.75) is 26.4 Å². The number of aryl methyl sites for hydroxylation is 1. The first-order valence-corrected chi connectivity index (χ1v) is 9.94. The number of halogens is 1. The second-order valence-corrected chi connectivity index (χ2v) is 7.67. The topological polar surface area (TPSA) is 82.3 Å². The fraction of sp³-hybridized carbons (Fsp3) is 0.316. The fourth-order valence-corrected chi connectivity index (χ4v) is 3.93. The highest BCUT2D eigenvalue weighted by molar-refractivity contribution is 7.17. The first kappa shape index (κ1) is 20.3. The number of rotatable bonds is 7. The summed E-state index contributed by atoms with van der Waals surface area (Å²) in [6.07, 6.45) is 0.524. The van der Waals surface area contributed by atoms with Gasteiger partial charge in [0.25, 0.3) is 5.56 Å². The Balaban J connectivity index is 1.94. The number of carbonyl (C=O) groups excluding carboxylic acids is 1. The molecule has 1 aromatic carbocycles. The van der Waals surface area contributed by atoms with Crippen LogP contribution >= 0.6 is 22.9 Å². The number of nitrogens with zero attached hydrogens (tertiary/aromatic N) is 2. The molecule has 0 bridgehead atoms. The number of thiophene rings is 1. The number of hydrogen-bond donors (Lipinski definition) is 1. The summed E-state index contributed by atoms with van der Waals surface area (Å²) in [5, 5.41) is 5.02. The maximum Gasteiger partial charge on any atom is 0.332 e. The molecule has 0 unspecified atom stereocenters. The zero-order chi connectivity index (χ0) is 20.3. The summed E-state index contributed by atoms with van der Waals surface area (Å²) in [4.78, 5) is 38.1. The molecule has 0 atom stereocenters. The van der Waals surface area contributed by atoms with Gasteiger partial charge in [-0.2, -0.15) is 0 Å². The van der Waals surface area contributed by atoms with Crippen LogP contribution in [-0.2, 0) is 22.6 Å². The second kappa shape index (κ2) is 8.72. The van der Waals surface area contributed by atoms with E-state index in [-0.39, 0.29) is 24.6 Å². The minimum atomic E-state index is -0.509. The van der Waals surface area contributed by atoms with E-state index in [2.05, 4.69) is 5.32 Å². The van der Waals surface area contributed by atoms with Gasteiger partial charge in [0, 0.05) is 31.0 Å². The lowest BCUT2D eigenvalue weighted by Gasteiger charge is -2.13. The maximum atomic E-state index is 12.9. The number of fused-ring (bicyclic) bond motifs is 1. The summed E-state index contributed by atoms with van der Waals surface area (Å²) in [5.41, 5.74) is 1.05. The Bertz CT molecular complexity index is 1130. The van der Waals surface area contributed by atoms with Crippen molar-refractivity contribution in [3.8, 4) is 0 Å². The molecule has 28 heavy (non-hydrogen) atoms. The summed E-state index contributed by atoms with van der Waals surface area (Å²) in [5.74, 6) is -0.373. The smallest absolute Gasteiger partial charge is 0.332 e. The molecule has 0 aliphatic heterocycles. The molecule has 0 saturated carbocycles. The molecule has 1 N–H and O–H groups in total. The molecule has 148 valence electrons. The first-order valence-electron chi connectivity index (χ1n) is 8.68. The third-order valence-corrected chi connectivity index (χ3v) is 5.47. The normalized spacial score (nSPS) is 11.1. The van der Waals surface area contributed by atoms with Crippen LogP contribution in [0, 0.1) is 6.92 Å². The molecule has 0 fully saturated rings. The van der Waals surface area contributed by atoms with E-state index in [9.17, 15) is 14.4 Å². The van der Waals surface area contributed by atoms with Gasteiger partial charge in [-0.1, -0.05) is 17.7 Å². The Hall–Kier alpha value is -2.42. The fourth-order valence-electron chi connectivity index (χ4n) is 2.91. The van der Waals surface area contributed by atoms with Gasteiger partial charge < -0.3 is 10.1 Å². The molecule has 0 radical (unpaired) electrons. The monoisotopic (exact) mass is 421 g/mol. The summed E-state index contributed by atoms with van der Waals surface area (Å²) < 4.78 is 7.94. The Morgan fingerprint density at radius 1 is 1.25 bits per heavy atom. The van der Waals surface area contributed by atoms with Crippen molar-refractivity contribution in [1.29, 1.82) is 0 Å². The van der Waals surface area contributed by atoms with Crippen molar-refractivity contribution < 1.29 is 9.53 Å². The Morgan fingerprint density at radius 2 is 2.04 bits per heavy atom. The standard InChI is InChI=1S/C19H20ClN3O4S/c1-12-4-5-13(20)10-14(12)21-16(24)11-23-15-6-9-28-17(15)18(25)22(19(23)26)7-3-8-27-2/h4-6,9-10H,3,7-8,11H2,1-2H3,(H,21,24). The van der Waals surface area contributed by atoms with E-state index < -0.39 is 5.69 Å². The van der Waals surface area contributed by atoms with E-state index >= 15 is 0 Å². The number of carbonyl (C=O) groups is 1. The van der Waals surface area contributed by atoms with Gasteiger partial charge in [-0.15, -0.1) is 11.3 Å². The van der Waals surface area contributed by atoms with Crippen molar-refractivity contribution in [3.63, 3.8) is 0 Å². The Kier molecular flexibility index (Phi) is 6.33. The van der Waals surface area contributed by atoms with Crippen molar-refractivity contribution in [2.75, 3.05) is 19.0 Å². The summed E-state index contributed by atoms with van der Waals surface area (Å²) in [6, 6.07) is 6.88. The molecule has 2 aromatic heterocycles. The average molecular weight is 422 g/mol. The molecule has 2 heterocycles. The molecular formula is C19H20ClN3O4S. The average Bonchev–Trinajstić information content (AvgIpc) is 3.14. The number of benzene rings is 1. The highest BCUT2D eigenvalue weighted by Gasteiger charge is 2.16. The third kappa shape index (κ3) is 4.19. The van der Waals surface area contributed by atoms with Crippen LogP contribution in [0.5, 0.6) is 0 Å². The van der Waals surface area contributed by atoms with Crippen molar-refractivity contribution in [2.24, 2.45) is 0 Å². The SMILES string of the molecule is COCCCn1c(=O)c2sccc2n(CC(=O)Nc2cc(Cl)ccc2C)c1=O. The predicted molar refractivity (Wildman–Crippen MR) is 112 cm³/mol. The van der Waals surface area contributed by atoms with Crippen molar-refractivity contribution >= 4 is 44.7 Å². The zero-order valence-corrected chi connectivity index (χ0v) is 17.1. The number of anilines is 1. The summed E-state index contributed by atoms with van der Waals surface area (Å²) >= 11 is 7.25. The highest BCUT2D eigenvalue weighted by Crippen LogP contribution is 2.20. The van der Waals surface area contributed by atoms with Crippen LogP contribution in [0.15, 0.2) is 39.2 Å². The second-order valence-electron chi connectivity index (χ2n) is 6.31. The van der Waals surface area contributed by atoms with E-state index in [1.807, 2.05) is 6.92 Å². The van der Waals surface area contributed by atoms with Gasteiger partial charge in [0.15, 0.2) is 0 Å². The van der Waals surface area contributed by atoms with E-state index in [1.165, 1.54) is 15.9 Å². The van der Waals surface area contributed by atoms with Gasteiger partial charge in [-0.05, 0) is 42.5 Å². The van der Waals surface area contributed by atoms with Gasteiger partial charge in [0.05, 0.1) is 5.52 Å². The lowest BCUT2D eigenvalue weighted by molar-refractivity contribution is -0.116. The summed E-state index contributed by atoms with van der Waals surface area (Å²) in [6.45, 7) is 2.31. The Labute approximate surface area is 170 Å². The minimum absolute atomic E-state index is 0.206. The van der Waals surface area contributed by atoms with E-state index in [1.54, 1.807) is 36.8 Å². The largest absolute Gasteiger partial charge is 0.385 e. The summed E-state index contributed by atoms with van der Waals surface area (Å²) in [7, 11) is 1.56. The lowest BCUT2D eigenvalue weighted by Crippen LogP contribution is -2.41. The lowest BCUT2D eigenvalue weighted by atomic mass is 10.2. The molecule has 1 amide bonds. The molecule has 9 heteroatoms. The van der Waals surface area contributed by atoms with Crippen LogP contribution < -0.4 is 16.6 Å². The number of hydrogen-bond acceptors (Lipinski definition) is 5. The Morgan fingerprint density at radius 3 is 2.79 bits per heavy atom. The van der Waals surface area contributed by atoms with Gasteiger partial charge in [-0.25, -0.2) is 4.79 Å². The third-order valence-electron chi connectivity index (χ3n) is 4.34. The minimum Gasteiger partial charge on any atom is -0.385 e. The maximum absolute atomic E-state index is 12.9. The van der Waals surface area contributed by atoms with Crippen LogP contribution in [0.2, 0.25) is 5.02 Å². The molecule has 0 saturated heterocycles. The molecule has 0 aliphatic carbocycles. The molecule has 7 nitrogen and oxygen atoms in total. The van der Waals surface area contributed by atoms with E-state index in [0.29, 0.717) is 34.0 Å². The van der Waals surface area contributed by atoms with Gasteiger partial charge in [-0.3, -0.25) is 18.7 Å². The van der Waals surface area contributed by atoms with E-state index in [0.717, 1.165) is 10.1 Å². The van der Waals surface area contributed by atoms with Gasteiger partial charge in [0.1, 0.15) is 11.2 Å². The molecule has 0 spiro atoms. The molecule has 0 aliphatic rings. The van der Waals surface area contributed by atoms with Crippen LogP contribution in [-0.4, -0.2) is 28.8 Å². The predicted octanol–water partition coefficient (Wildman–Crippen LogP) is 2.86.